The number of aromatic amines is 1. The number of rotatable bonds is 3. The molecule has 2 N–H and O–H groups in total. The van der Waals surface area contributed by atoms with Crippen LogP contribution in [0.4, 0.5) is 5.69 Å². The van der Waals surface area contributed by atoms with Crippen LogP contribution in [0.5, 0.6) is 0 Å². The predicted octanol–water partition coefficient (Wildman–Crippen LogP) is 2.46. The van der Waals surface area contributed by atoms with Gasteiger partial charge in [-0.15, -0.1) is 0 Å². The monoisotopic (exact) mass is 281 g/mol. The third-order valence-electron chi connectivity index (χ3n) is 3.23. The van der Waals surface area contributed by atoms with Gasteiger partial charge in [0.05, 0.1) is 16.9 Å². The summed E-state index contributed by atoms with van der Waals surface area (Å²) in [5, 5.41) is 13.9. The van der Waals surface area contributed by atoms with Crippen molar-refractivity contribution in [1.29, 1.82) is 0 Å². The molecule has 0 bridgehead atoms. The first-order valence-electron chi connectivity index (χ1n) is 6.58. The van der Waals surface area contributed by atoms with Crippen LogP contribution in [0.25, 0.3) is 5.69 Å². The van der Waals surface area contributed by atoms with E-state index in [1.807, 2.05) is 43.5 Å². The van der Waals surface area contributed by atoms with Crippen molar-refractivity contribution in [1.82, 2.24) is 20.0 Å². The molecule has 0 saturated heterocycles. The second-order valence-corrected chi connectivity index (χ2v) is 4.76. The number of hydrogen-bond acceptors (Lipinski definition) is 3. The Morgan fingerprint density at radius 3 is 2.81 bits per heavy atom. The molecule has 6 heteroatoms. The van der Waals surface area contributed by atoms with Gasteiger partial charge in [-0.05, 0) is 38.1 Å². The number of carbonyl (C=O) groups excluding carboxylic acids is 1. The summed E-state index contributed by atoms with van der Waals surface area (Å²) in [4.78, 5) is 12.3. The molecule has 1 amide bonds. The first-order valence-corrected chi connectivity index (χ1v) is 6.58. The minimum Gasteiger partial charge on any atom is -0.322 e. The van der Waals surface area contributed by atoms with Crippen molar-refractivity contribution in [3.8, 4) is 5.69 Å². The normalized spacial score (nSPS) is 10.6. The van der Waals surface area contributed by atoms with E-state index in [1.54, 1.807) is 17.8 Å². The molecule has 2 heterocycles. The van der Waals surface area contributed by atoms with Crippen LogP contribution in [0.3, 0.4) is 0 Å². The van der Waals surface area contributed by atoms with Gasteiger partial charge in [-0.3, -0.25) is 9.89 Å². The summed E-state index contributed by atoms with van der Waals surface area (Å²) in [7, 11) is 0. The average molecular weight is 281 g/mol. The van der Waals surface area contributed by atoms with Gasteiger partial charge in [0, 0.05) is 23.8 Å². The molecule has 2 aromatic heterocycles. The summed E-state index contributed by atoms with van der Waals surface area (Å²) in [5.41, 5.74) is 3.63. The maximum absolute atomic E-state index is 12.3. The average Bonchev–Trinajstić information content (AvgIpc) is 3.09. The molecule has 106 valence electrons. The molecule has 21 heavy (non-hydrogen) atoms. The lowest BCUT2D eigenvalue weighted by Gasteiger charge is -2.08. The summed E-state index contributed by atoms with van der Waals surface area (Å²) in [6.07, 6.45) is 3.56. The van der Waals surface area contributed by atoms with E-state index in [1.165, 1.54) is 0 Å². The molecule has 0 aliphatic rings. The molecule has 0 atom stereocenters. The zero-order valence-electron chi connectivity index (χ0n) is 11.8. The highest BCUT2D eigenvalue weighted by Gasteiger charge is 2.15. The third-order valence-corrected chi connectivity index (χ3v) is 3.23. The Morgan fingerprint density at radius 2 is 2.14 bits per heavy atom. The van der Waals surface area contributed by atoms with Gasteiger partial charge >= 0.3 is 0 Å². The van der Waals surface area contributed by atoms with Gasteiger partial charge in [-0.2, -0.15) is 10.2 Å². The van der Waals surface area contributed by atoms with Crippen molar-refractivity contribution in [3.63, 3.8) is 0 Å². The highest BCUT2D eigenvalue weighted by molar-refractivity contribution is 6.05. The number of aromatic nitrogens is 4. The first-order chi connectivity index (χ1) is 10.1. The molecule has 3 aromatic rings. The number of aryl methyl sites for hydroxylation is 2. The Kier molecular flexibility index (Phi) is 3.27. The molecule has 0 saturated carbocycles. The Labute approximate surface area is 121 Å². The number of H-pyrrole nitrogens is 1. The van der Waals surface area contributed by atoms with Crippen LogP contribution in [0, 0.1) is 13.8 Å². The van der Waals surface area contributed by atoms with Crippen LogP contribution in [-0.2, 0) is 0 Å². The van der Waals surface area contributed by atoms with Gasteiger partial charge in [0.15, 0.2) is 0 Å². The molecular formula is C15H15N5O. The van der Waals surface area contributed by atoms with Crippen molar-refractivity contribution in [2.75, 3.05) is 5.32 Å². The van der Waals surface area contributed by atoms with Gasteiger partial charge in [-0.25, -0.2) is 4.68 Å². The first kappa shape index (κ1) is 13.1. The number of anilines is 1. The van der Waals surface area contributed by atoms with E-state index in [2.05, 4.69) is 20.6 Å². The molecule has 0 aliphatic heterocycles. The Bertz CT molecular complexity index is 754. The topological polar surface area (TPSA) is 75.6 Å². The van der Waals surface area contributed by atoms with Gasteiger partial charge in [0.2, 0.25) is 0 Å². The van der Waals surface area contributed by atoms with Crippen molar-refractivity contribution < 1.29 is 4.79 Å². The molecular weight excluding hydrogens is 266 g/mol. The zero-order valence-corrected chi connectivity index (χ0v) is 11.8. The van der Waals surface area contributed by atoms with Crippen molar-refractivity contribution in [3.05, 3.63) is 59.7 Å². The van der Waals surface area contributed by atoms with E-state index in [0.29, 0.717) is 16.9 Å². The second kappa shape index (κ2) is 5.24. The van der Waals surface area contributed by atoms with E-state index in [-0.39, 0.29) is 5.91 Å². The largest absolute Gasteiger partial charge is 0.322 e. The number of carbonyl (C=O) groups is 1. The van der Waals surface area contributed by atoms with Gasteiger partial charge in [-0.1, -0.05) is 6.07 Å². The maximum atomic E-state index is 12.3. The maximum Gasteiger partial charge on any atom is 0.259 e. The lowest BCUT2D eigenvalue weighted by atomic mass is 10.2. The summed E-state index contributed by atoms with van der Waals surface area (Å²) in [5.74, 6) is -0.170. The smallest absolute Gasteiger partial charge is 0.259 e. The number of benzene rings is 1. The Morgan fingerprint density at radius 1 is 1.29 bits per heavy atom. The van der Waals surface area contributed by atoms with Crippen LogP contribution in [0.15, 0.2) is 42.7 Å². The van der Waals surface area contributed by atoms with Gasteiger partial charge in [0.1, 0.15) is 0 Å². The van der Waals surface area contributed by atoms with Gasteiger partial charge in [0.25, 0.3) is 5.91 Å². The minimum atomic E-state index is -0.170. The molecule has 0 radical (unpaired) electrons. The summed E-state index contributed by atoms with van der Waals surface area (Å²) >= 11 is 0. The van der Waals surface area contributed by atoms with Crippen LogP contribution in [0.2, 0.25) is 0 Å². The fourth-order valence-electron chi connectivity index (χ4n) is 2.23. The van der Waals surface area contributed by atoms with E-state index in [4.69, 9.17) is 0 Å². The molecule has 3 rings (SSSR count). The number of amides is 1. The molecule has 1 aromatic carbocycles. The molecule has 0 aliphatic carbocycles. The number of hydrogen-bond donors (Lipinski definition) is 2. The van der Waals surface area contributed by atoms with E-state index >= 15 is 0 Å². The molecule has 0 unspecified atom stereocenters. The highest BCUT2D eigenvalue weighted by atomic mass is 16.1. The standard InChI is InChI=1S/C15H15N5O/c1-10-14(11(2)19-18-10)15(21)17-12-5-3-6-13(9-12)20-8-4-7-16-20/h3-9H,1-2H3,(H,17,21)(H,18,19). The minimum absolute atomic E-state index is 0.170. The third kappa shape index (κ3) is 2.55. The summed E-state index contributed by atoms with van der Waals surface area (Å²) in [6.45, 7) is 3.63. The number of nitrogens with one attached hydrogen (secondary N) is 2. The lowest BCUT2D eigenvalue weighted by Crippen LogP contribution is -2.14. The SMILES string of the molecule is Cc1n[nH]c(C)c1C(=O)Nc1cccc(-n2cccn2)c1. The fraction of sp³-hybridized carbons (Fsp3) is 0.133. The lowest BCUT2D eigenvalue weighted by molar-refractivity contribution is 0.102. The quantitative estimate of drug-likeness (QED) is 0.774. The highest BCUT2D eigenvalue weighted by Crippen LogP contribution is 2.17. The van der Waals surface area contributed by atoms with Crippen LogP contribution in [0.1, 0.15) is 21.7 Å². The van der Waals surface area contributed by atoms with Crippen LogP contribution in [-0.4, -0.2) is 25.9 Å². The molecule has 0 fully saturated rings. The van der Waals surface area contributed by atoms with Crippen molar-refractivity contribution in [2.45, 2.75) is 13.8 Å². The van der Waals surface area contributed by atoms with Crippen LogP contribution < -0.4 is 5.32 Å². The summed E-state index contributed by atoms with van der Waals surface area (Å²) in [6, 6.07) is 9.37. The Hall–Kier alpha value is -2.89. The van der Waals surface area contributed by atoms with E-state index < -0.39 is 0 Å². The predicted molar refractivity (Wildman–Crippen MR) is 79.6 cm³/mol. The second-order valence-electron chi connectivity index (χ2n) is 4.76. The van der Waals surface area contributed by atoms with Crippen molar-refractivity contribution >= 4 is 11.6 Å². The van der Waals surface area contributed by atoms with E-state index in [0.717, 1.165) is 11.4 Å². The van der Waals surface area contributed by atoms with Crippen LogP contribution >= 0.6 is 0 Å². The summed E-state index contributed by atoms with van der Waals surface area (Å²) < 4.78 is 1.74. The zero-order chi connectivity index (χ0) is 14.8. The van der Waals surface area contributed by atoms with E-state index in [9.17, 15) is 4.79 Å². The molecule has 6 nitrogen and oxygen atoms in total. The van der Waals surface area contributed by atoms with Crippen molar-refractivity contribution in [2.24, 2.45) is 0 Å². The van der Waals surface area contributed by atoms with Gasteiger partial charge < -0.3 is 5.32 Å². The number of nitrogens with zero attached hydrogens (tertiary/aromatic N) is 3. The Balaban J connectivity index is 1.86. The molecule has 0 spiro atoms. The fourth-order valence-corrected chi connectivity index (χ4v) is 2.23.